The monoisotopic (exact) mass is 259 g/mol. The van der Waals surface area contributed by atoms with Crippen LogP contribution in [0.25, 0.3) is 0 Å². The molecule has 4 fully saturated rings. The van der Waals surface area contributed by atoms with Crippen LogP contribution in [0.15, 0.2) is 16.5 Å². The minimum Gasteiger partial charge on any atom is -0.466 e. The van der Waals surface area contributed by atoms with Crippen LogP contribution in [0.5, 0.6) is 0 Å². The van der Waals surface area contributed by atoms with Gasteiger partial charge in [-0.15, -0.1) is 0 Å². The van der Waals surface area contributed by atoms with Crippen molar-refractivity contribution in [1.29, 1.82) is 0 Å². The molecule has 0 aromatic carbocycles. The van der Waals surface area contributed by atoms with Gasteiger partial charge in [0.2, 0.25) is 0 Å². The third kappa shape index (κ3) is 1.59. The van der Waals surface area contributed by atoms with E-state index in [9.17, 15) is 0 Å². The summed E-state index contributed by atoms with van der Waals surface area (Å²) in [6.45, 7) is 4.29. The lowest BCUT2D eigenvalue weighted by Gasteiger charge is -2.63. The maximum absolute atomic E-state index is 6.40. The number of hydrogen-bond donors (Lipinski definition) is 1. The minimum atomic E-state index is 0.311. The lowest BCUT2D eigenvalue weighted by Crippen LogP contribution is -2.59. The molecule has 0 aliphatic heterocycles. The fraction of sp³-hybridized carbons (Fsp3) is 0.765. The van der Waals surface area contributed by atoms with Gasteiger partial charge in [-0.05, 0) is 81.8 Å². The number of nitrogens with two attached hydrogens (primary N) is 1. The zero-order chi connectivity index (χ0) is 13.3. The molecule has 4 aliphatic carbocycles. The molecule has 0 amide bonds. The average molecular weight is 259 g/mol. The third-order valence-electron chi connectivity index (χ3n) is 6.34. The molecule has 3 atom stereocenters. The molecule has 1 aromatic rings. The number of rotatable bonds is 2. The topological polar surface area (TPSA) is 39.2 Å². The molecule has 4 saturated carbocycles. The van der Waals surface area contributed by atoms with Gasteiger partial charge in [0.05, 0.1) is 0 Å². The molecule has 2 N–H and O–H groups in total. The summed E-state index contributed by atoms with van der Waals surface area (Å²) in [7, 11) is 0. The van der Waals surface area contributed by atoms with Crippen molar-refractivity contribution in [3.05, 3.63) is 23.7 Å². The van der Waals surface area contributed by atoms with Gasteiger partial charge in [-0.1, -0.05) is 0 Å². The van der Waals surface area contributed by atoms with Crippen molar-refractivity contribution in [3.63, 3.8) is 0 Å². The highest BCUT2D eigenvalue weighted by atomic mass is 16.3. The Morgan fingerprint density at radius 3 is 2.42 bits per heavy atom. The Labute approximate surface area is 115 Å². The van der Waals surface area contributed by atoms with E-state index in [1.54, 1.807) is 0 Å². The molecular weight excluding hydrogens is 234 g/mol. The first-order chi connectivity index (χ1) is 9.01. The lowest BCUT2D eigenvalue weighted by molar-refractivity contribution is -0.0887. The van der Waals surface area contributed by atoms with Crippen LogP contribution in [-0.2, 0) is 5.41 Å². The molecule has 0 spiro atoms. The van der Waals surface area contributed by atoms with Gasteiger partial charge in [0, 0.05) is 11.5 Å². The van der Waals surface area contributed by atoms with E-state index in [1.165, 1.54) is 44.3 Å². The minimum absolute atomic E-state index is 0.311. The highest BCUT2D eigenvalue weighted by molar-refractivity contribution is 5.25. The first kappa shape index (κ1) is 12.0. The Balaban J connectivity index is 1.78. The molecule has 5 rings (SSSR count). The van der Waals surface area contributed by atoms with Crippen LogP contribution in [0, 0.1) is 24.2 Å². The SMILES string of the molecule is Cc1ccc(C23CC4CC(C2)CC(C(C)N)(C4)C3)o1. The first-order valence-electron chi connectivity index (χ1n) is 7.84. The number of furan rings is 1. The highest BCUT2D eigenvalue weighted by Gasteiger charge is 2.60. The Hall–Kier alpha value is -0.760. The second-order valence-electron chi connectivity index (χ2n) is 7.80. The molecule has 104 valence electrons. The zero-order valence-corrected chi connectivity index (χ0v) is 12.1. The second-order valence-corrected chi connectivity index (χ2v) is 7.80. The maximum atomic E-state index is 6.40. The summed E-state index contributed by atoms with van der Waals surface area (Å²) in [5.74, 6) is 4.08. The van der Waals surface area contributed by atoms with Crippen molar-refractivity contribution in [2.45, 2.75) is 63.8 Å². The molecular formula is C17H25NO. The van der Waals surface area contributed by atoms with Gasteiger partial charge >= 0.3 is 0 Å². The Morgan fingerprint density at radius 1 is 1.21 bits per heavy atom. The molecule has 0 saturated heterocycles. The molecule has 4 bridgehead atoms. The van der Waals surface area contributed by atoms with E-state index >= 15 is 0 Å². The van der Waals surface area contributed by atoms with Gasteiger partial charge in [0.25, 0.3) is 0 Å². The zero-order valence-electron chi connectivity index (χ0n) is 12.1. The predicted molar refractivity (Wildman–Crippen MR) is 75.9 cm³/mol. The summed E-state index contributed by atoms with van der Waals surface area (Å²) in [4.78, 5) is 0. The molecule has 19 heavy (non-hydrogen) atoms. The standard InChI is InChI=1S/C17H25NO/c1-11-3-4-15(19-11)17-8-13-5-14(9-17)7-16(6-13,10-17)12(2)18/h3-4,12-14H,5-10,18H2,1-2H3. The van der Waals surface area contributed by atoms with E-state index in [0.29, 0.717) is 16.9 Å². The van der Waals surface area contributed by atoms with Gasteiger partial charge in [0.1, 0.15) is 11.5 Å². The Bertz CT molecular complexity index is 487. The lowest BCUT2D eigenvalue weighted by atomic mass is 9.42. The maximum Gasteiger partial charge on any atom is 0.110 e. The van der Waals surface area contributed by atoms with Gasteiger partial charge < -0.3 is 10.2 Å². The summed E-state index contributed by atoms with van der Waals surface area (Å²) in [6.07, 6.45) is 8.11. The van der Waals surface area contributed by atoms with Crippen LogP contribution in [0.1, 0.15) is 57.0 Å². The van der Waals surface area contributed by atoms with Crippen LogP contribution in [-0.4, -0.2) is 6.04 Å². The smallest absolute Gasteiger partial charge is 0.110 e. The van der Waals surface area contributed by atoms with Crippen LogP contribution in [0.2, 0.25) is 0 Å². The molecule has 1 aromatic heterocycles. The molecule has 2 heteroatoms. The first-order valence-corrected chi connectivity index (χ1v) is 7.84. The quantitative estimate of drug-likeness (QED) is 0.878. The summed E-state index contributed by atoms with van der Waals surface area (Å²) >= 11 is 0. The highest BCUT2D eigenvalue weighted by Crippen LogP contribution is 2.66. The normalized spacial score (nSPS) is 45.6. The van der Waals surface area contributed by atoms with Crippen molar-refractivity contribution in [2.75, 3.05) is 0 Å². The van der Waals surface area contributed by atoms with E-state index in [4.69, 9.17) is 10.2 Å². The van der Waals surface area contributed by atoms with E-state index in [2.05, 4.69) is 26.0 Å². The summed E-state index contributed by atoms with van der Waals surface area (Å²) in [6, 6.07) is 4.69. The second kappa shape index (κ2) is 3.66. The van der Waals surface area contributed by atoms with Gasteiger partial charge in [-0.3, -0.25) is 0 Å². The van der Waals surface area contributed by atoms with Crippen molar-refractivity contribution in [2.24, 2.45) is 23.0 Å². The molecule has 2 nitrogen and oxygen atoms in total. The predicted octanol–water partition coefficient (Wildman–Crippen LogP) is 3.77. The van der Waals surface area contributed by atoms with Gasteiger partial charge in [-0.25, -0.2) is 0 Å². The van der Waals surface area contributed by atoms with Crippen molar-refractivity contribution in [1.82, 2.24) is 0 Å². The Kier molecular flexibility index (Phi) is 2.32. The molecule has 3 unspecified atom stereocenters. The van der Waals surface area contributed by atoms with Crippen LogP contribution >= 0.6 is 0 Å². The van der Waals surface area contributed by atoms with E-state index in [0.717, 1.165) is 17.6 Å². The van der Waals surface area contributed by atoms with Crippen molar-refractivity contribution in [3.8, 4) is 0 Å². The number of hydrogen-bond acceptors (Lipinski definition) is 2. The van der Waals surface area contributed by atoms with Gasteiger partial charge in [-0.2, -0.15) is 0 Å². The van der Waals surface area contributed by atoms with E-state index in [-0.39, 0.29) is 0 Å². The summed E-state index contributed by atoms with van der Waals surface area (Å²) in [5, 5.41) is 0. The molecule has 4 aliphatic rings. The van der Waals surface area contributed by atoms with Crippen molar-refractivity contribution < 1.29 is 4.42 Å². The van der Waals surface area contributed by atoms with Gasteiger partial charge in [0.15, 0.2) is 0 Å². The van der Waals surface area contributed by atoms with Crippen molar-refractivity contribution >= 4 is 0 Å². The Morgan fingerprint density at radius 2 is 1.89 bits per heavy atom. The van der Waals surface area contributed by atoms with Crippen LogP contribution in [0.4, 0.5) is 0 Å². The number of aryl methyl sites for hydroxylation is 1. The average Bonchev–Trinajstić information content (AvgIpc) is 2.74. The fourth-order valence-electron chi connectivity index (χ4n) is 5.87. The van der Waals surface area contributed by atoms with Crippen LogP contribution in [0.3, 0.4) is 0 Å². The van der Waals surface area contributed by atoms with E-state index < -0.39 is 0 Å². The summed E-state index contributed by atoms with van der Waals surface area (Å²) < 4.78 is 6.05. The third-order valence-corrected chi connectivity index (χ3v) is 6.34. The molecule has 1 heterocycles. The largest absolute Gasteiger partial charge is 0.466 e. The van der Waals surface area contributed by atoms with E-state index in [1.807, 2.05) is 0 Å². The molecule has 0 radical (unpaired) electrons. The fourth-order valence-corrected chi connectivity index (χ4v) is 5.87. The summed E-state index contributed by atoms with van der Waals surface area (Å²) in [5.41, 5.74) is 7.11. The van der Waals surface area contributed by atoms with Crippen LogP contribution < -0.4 is 5.73 Å².